The predicted molar refractivity (Wildman–Crippen MR) is 361 cm³/mol. The highest BCUT2D eigenvalue weighted by molar-refractivity contribution is 5.70. The molecule has 0 aliphatic heterocycles. The molecule has 0 fully saturated rings. The molecule has 0 spiro atoms. The third kappa shape index (κ3) is 67.0. The van der Waals surface area contributed by atoms with Crippen molar-refractivity contribution in [3.8, 4) is 0 Å². The Balaban J connectivity index is 3.66. The van der Waals surface area contributed by atoms with E-state index in [1.807, 2.05) is 0 Å². The van der Waals surface area contributed by atoms with E-state index >= 15 is 0 Å². The van der Waals surface area contributed by atoms with Crippen LogP contribution < -0.4 is 0 Å². The molecule has 1 unspecified atom stereocenters. The molecule has 0 bridgehead atoms. The van der Waals surface area contributed by atoms with Gasteiger partial charge < -0.3 is 14.6 Å². The van der Waals surface area contributed by atoms with Gasteiger partial charge in [0.15, 0.2) is 6.10 Å². The number of rotatable bonds is 57. The van der Waals surface area contributed by atoms with Gasteiger partial charge in [0.25, 0.3) is 0 Å². The minimum Gasteiger partial charge on any atom is -0.462 e. The number of carbonyl (C=O) groups excluding carboxylic acids is 2. The minimum absolute atomic E-state index is 0.0912. The van der Waals surface area contributed by atoms with Crippen molar-refractivity contribution < 1.29 is 24.2 Å². The molecular formula is C77H118O5. The second-order valence-corrected chi connectivity index (χ2v) is 20.7. The number of ether oxygens (including phenoxy) is 2. The molecule has 5 heteroatoms. The third-order valence-electron chi connectivity index (χ3n) is 13.1. The summed E-state index contributed by atoms with van der Waals surface area (Å²) in [6, 6.07) is 0. The van der Waals surface area contributed by atoms with Crippen LogP contribution in [0.5, 0.6) is 0 Å². The zero-order valence-electron chi connectivity index (χ0n) is 52.2. The summed E-state index contributed by atoms with van der Waals surface area (Å²) in [5.74, 6) is -0.637. The minimum atomic E-state index is -0.805. The summed E-state index contributed by atoms with van der Waals surface area (Å²) in [6.45, 7) is 3.88. The van der Waals surface area contributed by atoms with Crippen molar-refractivity contribution in [2.75, 3.05) is 13.2 Å². The van der Waals surface area contributed by atoms with E-state index in [0.29, 0.717) is 12.8 Å². The molecule has 0 aliphatic carbocycles. The Bertz CT molecular complexity index is 1950. The topological polar surface area (TPSA) is 72.8 Å². The summed E-state index contributed by atoms with van der Waals surface area (Å²) in [4.78, 5) is 24.6. The Morgan fingerprint density at radius 2 is 0.488 bits per heavy atom. The predicted octanol–water partition coefficient (Wildman–Crippen LogP) is 23.0. The van der Waals surface area contributed by atoms with Gasteiger partial charge in [-0.2, -0.15) is 0 Å². The van der Waals surface area contributed by atoms with Crippen LogP contribution in [0.25, 0.3) is 0 Å². The molecule has 0 saturated carbocycles. The van der Waals surface area contributed by atoms with E-state index in [2.05, 4.69) is 220 Å². The molecule has 0 aromatic carbocycles. The van der Waals surface area contributed by atoms with Crippen molar-refractivity contribution in [2.24, 2.45) is 0 Å². The average Bonchev–Trinajstić information content (AvgIpc) is 3.49. The number of aliphatic hydroxyl groups is 1. The lowest BCUT2D eigenvalue weighted by Crippen LogP contribution is -2.28. The summed E-state index contributed by atoms with van der Waals surface area (Å²) >= 11 is 0. The molecule has 0 amide bonds. The van der Waals surface area contributed by atoms with Gasteiger partial charge in [-0.3, -0.25) is 9.59 Å². The van der Waals surface area contributed by atoms with E-state index in [9.17, 15) is 14.7 Å². The van der Waals surface area contributed by atoms with Crippen LogP contribution in [-0.4, -0.2) is 36.4 Å². The van der Waals surface area contributed by atoms with E-state index < -0.39 is 6.10 Å². The van der Waals surface area contributed by atoms with Crippen LogP contribution in [0.3, 0.4) is 0 Å². The van der Waals surface area contributed by atoms with Crippen LogP contribution in [0.4, 0.5) is 0 Å². The number of unbranched alkanes of at least 4 members (excludes halogenated alkanes) is 15. The molecule has 0 saturated heterocycles. The SMILES string of the molecule is CC/C=C\C/C=C\C/C=C\C/C=C\C/C=C\C/C=C\C/C=C\C/C=C\C/C=C\C/C=C\C/C=C\C/C=C\CCCCCCC(=O)OC(CO)COC(=O)CCCCCCCCCCCCC/C=C\C/C=C\C/C=C\C/C=C\C/C=C\CC. The number of allylic oxidation sites excluding steroid dienone is 34. The zero-order valence-corrected chi connectivity index (χ0v) is 52.2. The Labute approximate surface area is 504 Å². The van der Waals surface area contributed by atoms with Gasteiger partial charge in [-0.05, 0) is 148 Å². The van der Waals surface area contributed by atoms with E-state index in [0.717, 1.165) is 161 Å². The number of esters is 2. The van der Waals surface area contributed by atoms with Gasteiger partial charge in [-0.1, -0.05) is 291 Å². The fourth-order valence-electron chi connectivity index (χ4n) is 8.27. The first kappa shape index (κ1) is 76.5. The van der Waals surface area contributed by atoms with E-state index in [4.69, 9.17) is 9.47 Å². The lowest BCUT2D eigenvalue weighted by Gasteiger charge is -2.15. The third-order valence-corrected chi connectivity index (χ3v) is 13.1. The first-order valence-corrected chi connectivity index (χ1v) is 32.6. The fourth-order valence-corrected chi connectivity index (χ4v) is 8.27. The maximum absolute atomic E-state index is 12.3. The van der Waals surface area contributed by atoms with E-state index in [-0.39, 0.29) is 25.2 Å². The van der Waals surface area contributed by atoms with Gasteiger partial charge in [-0.15, -0.1) is 0 Å². The fraction of sp³-hybridized carbons (Fsp3) is 0.532. The molecule has 456 valence electrons. The Morgan fingerprint density at radius 3 is 0.732 bits per heavy atom. The normalized spacial score (nSPS) is 13.6. The molecule has 1 N–H and O–H groups in total. The Kier molecular flexibility index (Phi) is 65.1. The van der Waals surface area contributed by atoms with Gasteiger partial charge in [0, 0.05) is 12.8 Å². The second kappa shape index (κ2) is 69.7. The van der Waals surface area contributed by atoms with E-state index in [1.54, 1.807) is 0 Å². The largest absolute Gasteiger partial charge is 0.462 e. The average molecular weight is 1120 g/mol. The number of aliphatic hydroxyl groups excluding tert-OH is 1. The van der Waals surface area contributed by atoms with Gasteiger partial charge in [0.1, 0.15) is 6.61 Å². The Morgan fingerprint density at radius 1 is 0.280 bits per heavy atom. The monoisotopic (exact) mass is 1120 g/mol. The second-order valence-electron chi connectivity index (χ2n) is 20.7. The van der Waals surface area contributed by atoms with Gasteiger partial charge >= 0.3 is 11.9 Å². The van der Waals surface area contributed by atoms with Crippen LogP contribution in [0.2, 0.25) is 0 Å². The lowest BCUT2D eigenvalue weighted by atomic mass is 10.0. The maximum atomic E-state index is 12.3. The molecule has 0 aromatic rings. The van der Waals surface area contributed by atoms with Crippen molar-refractivity contribution in [3.63, 3.8) is 0 Å². The number of hydrogen-bond donors (Lipinski definition) is 1. The molecule has 1 atom stereocenters. The summed E-state index contributed by atoms with van der Waals surface area (Å²) < 4.78 is 10.7. The van der Waals surface area contributed by atoms with Gasteiger partial charge in [0.2, 0.25) is 0 Å². The zero-order chi connectivity index (χ0) is 59.1. The number of hydrogen-bond acceptors (Lipinski definition) is 5. The molecule has 0 aromatic heterocycles. The summed E-state index contributed by atoms with van der Waals surface area (Å²) in [5, 5.41) is 9.68. The van der Waals surface area contributed by atoms with Crippen LogP contribution in [-0.2, 0) is 19.1 Å². The molecule has 0 rings (SSSR count). The lowest BCUT2D eigenvalue weighted by molar-refractivity contribution is -0.161. The molecule has 0 radical (unpaired) electrons. The van der Waals surface area contributed by atoms with Gasteiger partial charge in [0.05, 0.1) is 6.61 Å². The van der Waals surface area contributed by atoms with E-state index in [1.165, 1.54) is 57.8 Å². The highest BCUT2D eigenvalue weighted by Crippen LogP contribution is 2.14. The summed E-state index contributed by atoms with van der Waals surface area (Å²) in [6.07, 6.45) is 112. The maximum Gasteiger partial charge on any atom is 0.306 e. The van der Waals surface area contributed by atoms with Gasteiger partial charge in [-0.25, -0.2) is 0 Å². The van der Waals surface area contributed by atoms with Crippen molar-refractivity contribution in [2.45, 2.75) is 251 Å². The van der Waals surface area contributed by atoms with Crippen molar-refractivity contribution in [1.82, 2.24) is 0 Å². The van der Waals surface area contributed by atoms with Crippen LogP contribution in [0.15, 0.2) is 207 Å². The van der Waals surface area contributed by atoms with Crippen molar-refractivity contribution >= 4 is 11.9 Å². The van der Waals surface area contributed by atoms with Crippen LogP contribution >= 0.6 is 0 Å². The smallest absolute Gasteiger partial charge is 0.306 e. The quantitative estimate of drug-likeness (QED) is 0.0373. The molecule has 82 heavy (non-hydrogen) atoms. The van der Waals surface area contributed by atoms with Crippen molar-refractivity contribution in [1.29, 1.82) is 0 Å². The number of carbonyl (C=O) groups is 2. The molecule has 0 aliphatic rings. The highest BCUT2D eigenvalue weighted by Gasteiger charge is 2.16. The molecule has 5 nitrogen and oxygen atoms in total. The summed E-state index contributed by atoms with van der Waals surface area (Å²) in [5.41, 5.74) is 0. The highest BCUT2D eigenvalue weighted by atomic mass is 16.6. The van der Waals surface area contributed by atoms with Crippen LogP contribution in [0, 0.1) is 0 Å². The standard InChI is InChI=1S/C77H118O5/c1-3-5-7-9-11-13-15-17-19-21-23-25-27-29-31-32-33-34-35-36-37-38-39-40-41-42-43-44-46-48-50-52-54-56-58-60-62-64-66-68-70-72-77(80)82-75(73-78)74-81-76(79)71-69-67-65-63-61-59-57-55-53-51-49-47-45-30-28-26-24-22-20-18-16-14-12-10-8-6-4-2/h5-8,11-14,17-20,23-26,29-31,33-34,36-37,39-40,42-43,45-46,48,52,54,58,60,75,78H,3-4,9-10,15-16,21-22,27-28,32,35,38,41,44,47,49-51,53,55-57,59,61-74H2,1-2H3/b7-5-,8-6-,13-11-,14-12-,19-17-,20-18-,25-23-,26-24-,31-29-,34-33-,37-36-,40-39-,43-42-,45-30-,48-46-,54-52-,60-58-. The first-order chi connectivity index (χ1) is 40.6. The van der Waals surface area contributed by atoms with Crippen molar-refractivity contribution in [3.05, 3.63) is 207 Å². The Hall–Kier alpha value is -5.52. The molecular weight excluding hydrogens is 1000 g/mol. The summed E-state index contributed by atoms with van der Waals surface area (Å²) in [7, 11) is 0. The molecule has 0 heterocycles. The van der Waals surface area contributed by atoms with Crippen LogP contribution in [0.1, 0.15) is 245 Å². The first-order valence-electron chi connectivity index (χ1n) is 32.6.